The number of carboxylic acid groups (broad SMARTS) is 1. The summed E-state index contributed by atoms with van der Waals surface area (Å²) < 4.78 is 0.811. The van der Waals surface area contributed by atoms with E-state index in [1.54, 1.807) is 73.7 Å². The highest BCUT2D eigenvalue weighted by molar-refractivity contribution is 9.10. The second-order valence-corrected chi connectivity index (χ2v) is 11.5. The summed E-state index contributed by atoms with van der Waals surface area (Å²) in [4.78, 5) is 51.0. The third-order valence-corrected chi connectivity index (χ3v) is 7.54. The van der Waals surface area contributed by atoms with Crippen molar-refractivity contribution in [3.8, 4) is 5.75 Å². The van der Waals surface area contributed by atoms with Crippen LogP contribution in [0.25, 0.3) is 6.08 Å². The number of benzene rings is 4. The number of halogens is 1. The van der Waals surface area contributed by atoms with Gasteiger partial charge in [0.15, 0.2) is 0 Å². The second kappa shape index (κ2) is 14.3. The lowest BCUT2D eigenvalue weighted by molar-refractivity contribution is -0.115. The number of carboxylic acids is 1. The molecule has 11 heteroatoms. The first-order valence-corrected chi connectivity index (χ1v) is 14.5. The van der Waals surface area contributed by atoms with Gasteiger partial charge in [0.1, 0.15) is 17.0 Å². The van der Waals surface area contributed by atoms with E-state index in [2.05, 4.69) is 31.9 Å². The molecule has 0 aromatic heterocycles. The van der Waals surface area contributed by atoms with Crippen LogP contribution < -0.4 is 16.0 Å². The number of hydrogen-bond donors (Lipinski definition) is 5. The molecule has 9 nitrogen and oxygen atoms in total. The molecule has 0 aliphatic rings. The van der Waals surface area contributed by atoms with Gasteiger partial charge < -0.3 is 26.2 Å². The summed E-state index contributed by atoms with van der Waals surface area (Å²) in [6, 6.07) is 26.5. The minimum atomic E-state index is -1.32. The average Bonchev–Trinajstić information content (AvgIpc) is 2.98. The summed E-state index contributed by atoms with van der Waals surface area (Å²) in [6.45, 7) is 1.68. The zero-order valence-electron chi connectivity index (χ0n) is 22.7. The number of carbonyl (C=O) groups excluding carboxylic acids is 3. The Labute approximate surface area is 260 Å². The molecule has 0 heterocycles. The maximum absolute atomic E-state index is 13.4. The van der Waals surface area contributed by atoms with Crippen LogP contribution in [0.15, 0.2) is 112 Å². The van der Waals surface area contributed by atoms with Gasteiger partial charge in [-0.1, -0.05) is 52.3 Å². The number of thioether (sulfide) groups is 1. The molecule has 0 saturated carbocycles. The highest BCUT2D eigenvalue weighted by Crippen LogP contribution is 2.28. The Morgan fingerprint density at radius 3 is 2.28 bits per heavy atom. The molecular weight excluding hydrogens is 634 g/mol. The normalized spacial score (nSPS) is 11.7. The topological polar surface area (TPSA) is 145 Å². The van der Waals surface area contributed by atoms with Crippen molar-refractivity contribution in [3.05, 3.63) is 124 Å². The SMILES string of the molecule is CC(Sc1cccc(NC(=O)/C(=C\c2cccc(Br)c2)NC(=O)c2ccccc2)c1)C(=O)Nc1ccc(O)c(C(=O)O)c1. The summed E-state index contributed by atoms with van der Waals surface area (Å²) in [5.74, 6) is -3.08. The van der Waals surface area contributed by atoms with E-state index in [4.69, 9.17) is 0 Å². The second-order valence-electron chi connectivity index (χ2n) is 9.20. The molecule has 4 aromatic rings. The quantitative estimate of drug-likeness (QED) is 0.0754. The van der Waals surface area contributed by atoms with Crippen molar-refractivity contribution in [1.29, 1.82) is 0 Å². The standard InChI is InChI=1S/C32H26BrN3O6S/c1-19(29(38)34-24-13-14-28(37)26(18-24)32(41)42)43-25-12-6-11-23(17-25)35-31(40)27(16-20-7-5-10-22(33)15-20)36-30(39)21-8-3-2-4-9-21/h2-19,37H,1H3,(H,34,38)(H,35,40)(H,36,39)(H,41,42)/b27-16+. The lowest BCUT2D eigenvalue weighted by atomic mass is 10.1. The van der Waals surface area contributed by atoms with Crippen LogP contribution >= 0.6 is 27.7 Å². The molecule has 43 heavy (non-hydrogen) atoms. The van der Waals surface area contributed by atoms with Gasteiger partial charge in [-0.15, -0.1) is 11.8 Å². The molecule has 0 bridgehead atoms. The minimum absolute atomic E-state index is 0.0346. The van der Waals surface area contributed by atoms with E-state index < -0.39 is 28.8 Å². The van der Waals surface area contributed by atoms with Gasteiger partial charge in [-0.3, -0.25) is 14.4 Å². The highest BCUT2D eigenvalue weighted by atomic mass is 79.9. The zero-order valence-corrected chi connectivity index (χ0v) is 25.1. The first-order chi connectivity index (χ1) is 20.6. The fourth-order valence-electron chi connectivity index (χ4n) is 3.84. The zero-order chi connectivity index (χ0) is 30.9. The van der Waals surface area contributed by atoms with Crippen LogP contribution in [-0.2, 0) is 9.59 Å². The lowest BCUT2D eigenvalue weighted by Crippen LogP contribution is -2.30. The molecular formula is C32H26BrN3O6S. The molecule has 0 aliphatic heterocycles. The fourth-order valence-corrected chi connectivity index (χ4v) is 5.18. The number of anilines is 2. The Bertz CT molecular complexity index is 1710. The minimum Gasteiger partial charge on any atom is -0.507 e. The van der Waals surface area contributed by atoms with Gasteiger partial charge in [-0.05, 0) is 79.2 Å². The van der Waals surface area contributed by atoms with Crippen LogP contribution in [0.4, 0.5) is 11.4 Å². The Morgan fingerprint density at radius 2 is 1.56 bits per heavy atom. The number of rotatable bonds is 10. The van der Waals surface area contributed by atoms with Gasteiger partial charge in [-0.25, -0.2) is 4.79 Å². The molecule has 0 fully saturated rings. The number of aromatic carboxylic acids is 1. The van der Waals surface area contributed by atoms with Crippen molar-refractivity contribution < 1.29 is 29.4 Å². The van der Waals surface area contributed by atoms with Gasteiger partial charge in [0.05, 0.1) is 5.25 Å². The van der Waals surface area contributed by atoms with Crippen molar-refractivity contribution in [3.63, 3.8) is 0 Å². The largest absolute Gasteiger partial charge is 0.507 e. The van der Waals surface area contributed by atoms with E-state index in [1.165, 1.54) is 30.0 Å². The average molecular weight is 661 g/mol. The van der Waals surface area contributed by atoms with Crippen molar-refractivity contribution in [1.82, 2.24) is 5.32 Å². The molecule has 0 aliphatic carbocycles. The monoisotopic (exact) mass is 659 g/mol. The summed E-state index contributed by atoms with van der Waals surface area (Å²) in [6.07, 6.45) is 1.57. The predicted molar refractivity (Wildman–Crippen MR) is 170 cm³/mol. The Kier molecular flexibility index (Phi) is 10.4. The van der Waals surface area contributed by atoms with Gasteiger partial charge in [-0.2, -0.15) is 0 Å². The van der Waals surface area contributed by atoms with Gasteiger partial charge in [0.2, 0.25) is 5.91 Å². The van der Waals surface area contributed by atoms with E-state index >= 15 is 0 Å². The van der Waals surface area contributed by atoms with Gasteiger partial charge in [0.25, 0.3) is 11.8 Å². The van der Waals surface area contributed by atoms with Crippen molar-refractivity contribution in [2.75, 3.05) is 10.6 Å². The van der Waals surface area contributed by atoms with Gasteiger partial charge in [0, 0.05) is 26.3 Å². The molecule has 1 unspecified atom stereocenters. The Hall–Kier alpha value is -4.87. The Morgan fingerprint density at radius 1 is 0.837 bits per heavy atom. The molecule has 218 valence electrons. The fraction of sp³-hybridized carbons (Fsp3) is 0.0625. The lowest BCUT2D eigenvalue weighted by Gasteiger charge is -2.14. The number of aromatic hydroxyl groups is 1. The van der Waals surface area contributed by atoms with Crippen LogP contribution in [0.3, 0.4) is 0 Å². The van der Waals surface area contributed by atoms with Crippen LogP contribution in [0.5, 0.6) is 5.75 Å². The highest BCUT2D eigenvalue weighted by Gasteiger charge is 2.18. The Balaban J connectivity index is 1.47. The van der Waals surface area contributed by atoms with Crippen LogP contribution in [-0.4, -0.2) is 39.2 Å². The van der Waals surface area contributed by atoms with Gasteiger partial charge >= 0.3 is 5.97 Å². The molecule has 5 N–H and O–H groups in total. The maximum Gasteiger partial charge on any atom is 0.339 e. The van der Waals surface area contributed by atoms with E-state index in [0.29, 0.717) is 21.7 Å². The number of hydrogen-bond acceptors (Lipinski definition) is 6. The van der Waals surface area contributed by atoms with Crippen LogP contribution in [0, 0.1) is 0 Å². The first kappa shape index (κ1) is 31.1. The van der Waals surface area contributed by atoms with E-state index in [0.717, 1.165) is 4.47 Å². The van der Waals surface area contributed by atoms with E-state index in [1.807, 2.05) is 18.2 Å². The van der Waals surface area contributed by atoms with E-state index in [-0.39, 0.29) is 22.9 Å². The van der Waals surface area contributed by atoms with E-state index in [9.17, 15) is 29.4 Å². The predicted octanol–water partition coefficient (Wildman–Crippen LogP) is 6.38. The third-order valence-electron chi connectivity index (χ3n) is 5.96. The number of amides is 3. The molecule has 3 amide bonds. The van der Waals surface area contributed by atoms with Crippen molar-refractivity contribution in [2.45, 2.75) is 17.1 Å². The summed E-state index contributed by atoms with van der Waals surface area (Å²) >= 11 is 4.64. The van der Waals surface area contributed by atoms with Crippen LogP contribution in [0.2, 0.25) is 0 Å². The number of phenols is 1. The van der Waals surface area contributed by atoms with Crippen LogP contribution in [0.1, 0.15) is 33.2 Å². The molecule has 4 aromatic carbocycles. The summed E-state index contributed by atoms with van der Waals surface area (Å²) in [5.41, 5.74) is 1.48. The molecule has 1 atom stereocenters. The molecule has 4 rings (SSSR count). The molecule has 0 spiro atoms. The molecule has 0 radical (unpaired) electrons. The third kappa shape index (κ3) is 8.81. The van der Waals surface area contributed by atoms with Crippen molar-refractivity contribution in [2.24, 2.45) is 0 Å². The summed E-state index contributed by atoms with van der Waals surface area (Å²) in [7, 11) is 0. The number of carbonyl (C=O) groups is 4. The smallest absolute Gasteiger partial charge is 0.339 e. The first-order valence-electron chi connectivity index (χ1n) is 12.9. The van der Waals surface area contributed by atoms with Crippen molar-refractivity contribution >= 4 is 68.8 Å². The molecule has 0 saturated heterocycles. The maximum atomic E-state index is 13.4. The number of nitrogens with one attached hydrogen (secondary N) is 3. The summed E-state index contributed by atoms with van der Waals surface area (Å²) in [5, 5.41) is 26.5.